The van der Waals surface area contributed by atoms with E-state index in [1.54, 1.807) is 0 Å². The SMILES string of the molecule is [2H]c1c([2H])c([2H])c2c(c1[2H])c([2H])c([2H])c1c2sc2c([2H])c(B3OC(C)(C)C(C)(C)O3)c([2H])c([2H])c21. The fraction of sp³-hybridized carbons (Fsp3) is 0.273. The first-order chi connectivity index (χ1) is 16.1. The maximum Gasteiger partial charge on any atom is 0.494 e. The van der Waals surface area contributed by atoms with Gasteiger partial charge >= 0.3 is 7.12 Å². The average Bonchev–Trinajstić information content (AvgIpc) is 3.26. The van der Waals surface area contributed by atoms with Gasteiger partial charge in [-0.05, 0) is 50.0 Å². The van der Waals surface area contributed by atoms with Gasteiger partial charge in [-0.2, -0.15) is 0 Å². The summed E-state index contributed by atoms with van der Waals surface area (Å²) in [6, 6.07) is -3.02. The summed E-state index contributed by atoms with van der Waals surface area (Å²) < 4.78 is 89.0. The van der Waals surface area contributed by atoms with Crippen LogP contribution >= 0.6 is 11.3 Å². The second-order valence-electron chi connectivity index (χ2n) is 7.39. The predicted octanol–water partition coefficient (Wildman–Crippen LogP) is 5.51. The van der Waals surface area contributed by atoms with Gasteiger partial charge < -0.3 is 9.31 Å². The highest BCUT2D eigenvalue weighted by molar-refractivity contribution is 7.26. The summed E-state index contributed by atoms with van der Waals surface area (Å²) in [5.74, 6) is 0. The third-order valence-corrected chi connectivity index (χ3v) is 6.32. The molecule has 1 saturated heterocycles. The molecule has 1 aliphatic heterocycles. The summed E-state index contributed by atoms with van der Waals surface area (Å²) in [6.07, 6.45) is 0. The molecule has 0 aliphatic carbocycles. The number of thiophene rings is 1. The topological polar surface area (TPSA) is 18.5 Å². The number of hydrogen-bond donors (Lipinski definition) is 0. The van der Waals surface area contributed by atoms with Crippen LogP contribution < -0.4 is 5.46 Å². The molecule has 4 aromatic rings. The monoisotopic (exact) mass is 369 g/mol. The van der Waals surface area contributed by atoms with E-state index in [1.165, 1.54) is 0 Å². The Hall–Kier alpha value is -1.88. The Morgan fingerprint density at radius 2 is 1.54 bits per heavy atom. The van der Waals surface area contributed by atoms with Crippen molar-refractivity contribution >= 4 is 54.9 Å². The Morgan fingerprint density at radius 1 is 0.846 bits per heavy atom. The molecule has 1 aliphatic rings. The van der Waals surface area contributed by atoms with Gasteiger partial charge in [0.15, 0.2) is 0 Å². The molecule has 0 saturated carbocycles. The van der Waals surface area contributed by atoms with Crippen LogP contribution in [0, 0.1) is 0 Å². The standard InChI is InChI=1S/C22H21BO2S/c1-21(2)22(3,4)25-23(24-21)15-10-12-17-18-11-9-14-7-5-6-8-16(14)20(18)26-19(17)13-15/h5-13H,1-4H3/i5D,6D,7D,8D,9D,10D,11D,12D,13D. The summed E-state index contributed by atoms with van der Waals surface area (Å²) in [4.78, 5) is 0. The Kier molecular flexibility index (Phi) is 1.92. The van der Waals surface area contributed by atoms with Crippen LogP contribution in [-0.4, -0.2) is 18.3 Å². The van der Waals surface area contributed by atoms with Crippen molar-refractivity contribution in [1.82, 2.24) is 0 Å². The summed E-state index contributed by atoms with van der Waals surface area (Å²) in [5, 5.41) is 0.291. The number of rotatable bonds is 1. The molecule has 1 fully saturated rings. The lowest BCUT2D eigenvalue weighted by atomic mass is 9.79. The van der Waals surface area contributed by atoms with Crippen LogP contribution in [0.5, 0.6) is 0 Å². The van der Waals surface area contributed by atoms with E-state index in [1.807, 2.05) is 27.7 Å². The molecule has 26 heavy (non-hydrogen) atoms. The molecule has 0 N–H and O–H groups in total. The van der Waals surface area contributed by atoms with Gasteiger partial charge in [-0.1, -0.05) is 48.3 Å². The van der Waals surface area contributed by atoms with Crippen molar-refractivity contribution in [3.05, 3.63) is 54.4 Å². The minimum absolute atomic E-state index is 0.0737. The zero-order valence-electron chi connectivity index (χ0n) is 23.8. The van der Waals surface area contributed by atoms with Crippen LogP contribution in [0.2, 0.25) is 0 Å². The molecule has 0 radical (unpaired) electrons. The largest absolute Gasteiger partial charge is 0.494 e. The Morgan fingerprint density at radius 3 is 2.31 bits per heavy atom. The van der Waals surface area contributed by atoms with Gasteiger partial charge in [0, 0.05) is 20.2 Å². The van der Waals surface area contributed by atoms with Crippen molar-refractivity contribution in [3.63, 3.8) is 0 Å². The Bertz CT molecular complexity index is 1600. The fourth-order valence-electron chi connectivity index (χ4n) is 3.00. The van der Waals surface area contributed by atoms with E-state index in [0.717, 1.165) is 11.3 Å². The van der Waals surface area contributed by atoms with E-state index in [9.17, 15) is 0 Å². The Balaban J connectivity index is 1.95. The highest BCUT2D eigenvalue weighted by atomic mass is 32.1. The summed E-state index contributed by atoms with van der Waals surface area (Å²) in [7, 11) is -1.05. The molecular weight excluding hydrogens is 339 g/mol. The zero-order chi connectivity index (χ0) is 25.9. The maximum atomic E-state index is 8.93. The smallest absolute Gasteiger partial charge is 0.399 e. The van der Waals surface area contributed by atoms with Crippen LogP contribution in [0.1, 0.15) is 40.0 Å². The first-order valence-corrected chi connectivity index (χ1v) is 9.14. The minimum atomic E-state index is -1.05. The fourth-order valence-corrected chi connectivity index (χ4v) is 4.13. The minimum Gasteiger partial charge on any atom is -0.399 e. The zero-order valence-corrected chi connectivity index (χ0v) is 15.6. The molecule has 0 amide bonds. The lowest BCUT2D eigenvalue weighted by Crippen LogP contribution is -2.41. The molecule has 3 aromatic carbocycles. The van der Waals surface area contributed by atoms with E-state index in [4.69, 9.17) is 21.6 Å². The second kappa shape index (κ2) is 5.32. The molecule has 0 bridgehead atoms. The normalized spacial score (nSPS) is 23.8. The van der Waals surface area contributed by atoms with Crippen LogP contribution in [0.25, 0.3) is 30.9 Å². The van der Waals surface area contributed by atoms with E-state index < -0.39 is 36.4 Å². The Labute approximate surface area is 170 Å². The first kappa shape index (κ1) is 9.36. The molecule has 0 atom stereocenters. The maximum absolute atomic E-state index is 8.93. The van der Waals surface area contributed by atoms with Crippen molar-refractivity contribution in [2.24, 2.45) is 0 Å². The second-order valence-corrected chi connectivity index (χ2v) is 8.41. The molecule has 4 heteroatoms. The molecule has 2 heterocycles. The van der Waals surface area contributed by atoms with E-state index in [2.05, 4.69) is 0 Å². The van der Waals surface area contributed by atoms with Crippen LogP contribution in [0.4, 0.5) is 0 Å². The van der Waals surface area contributed by atoms with Crippen molar-refractivity contribution in [2.45, 2.75) is 38.9 Å². The quantitative estimate of drug-likeness (QED) is 0.412. The highest BCUT2D eigenvalue weighted by Crippen LogP contribution is 2.39. The van der Waals surface area contributed by atoms with Crippen LogP contribution in [0.3, 0.4) is 0 Å². The van der Waals surface area contributed by atoms with Gasteiger partial charge in [-0.3, -0.25) is 0 Å². The number of benzene rings is 3. The lowest BCUT2D eigenvalue weighted by Gasteiger charge is -2.32. The number of fused-ring (bicyclic) bond motifs is 5. The van der Waals surface area contributed by atoms with Crippen molar-refractivity contribution < 1.29 is 21.6 Å². The van der Waals surface area contributed by atoms with E-state index in [-0.39, 0.29) is 72.7 Å². The third kappa shape index (κ3) is 2.26. The van der Waals surface area contributed by atoms with Crippen molar-refractivity contribution in [1.29, 1.82) is 0 Å². The van der Waals surface area contributed by atoms with Gasteiger partial charge in [-0.25, -0.2) is 0 Å². The molecule has 1 aromatic heterocycles. The van der Waals surface area contributed by atoms with E-state index in [0.29, 0.717) is 0 Å². The molecule has 0 spiro atoms. The van der Waals surface area contributed by atoms with E-state index >= 15 is 0 Å². The third-order valence-electron chi connectivity index (χ3n) is 5.19. The van der Waals surface area contributed by atoms with Gasteiger partial charge in [0.25, 0.3) is 0 Å². The predicted molar refractivity (Wildman–Crippen MR) is 113 cm³/mol. The molecule has 5 rings (SSSR count). The first-order valence-electron chi connectivity index (χ1n) is 12.8. The summed E-state index contributed by atoms with van der Waals surface area (Å²) in [5.41, 5.74) is -1.35. The number of hydrogen-bond acceptors (Lipinski definition) is 3. The lowest BCUT2D eigenvalue weighted by molar-refractivity contribution is 0.00578. The van der Waals surface area contributed by atoms with Crippen molar-refractivity contribution in [2.75, 3.05) is 0 Å². The van der Waals surface area contributed by atoms with Crippen LogP contribution in [0.15, 0.2) is 54.4 Å². The highest BCUT2D eigenvalue weighted by Gasteiger charge is 2.51. The molecule has 0 unspecified atom stereocenters. The van der Waals surface area contributed by atoms with Gasteiger partial charge in [-0.15, -0.1) is 11.3 Å². The van der Waals surface area contributed by atoms with Gasteiger partial charge in [0.05, 0.1) is 23.5 Å². The molecular formula is C22H21BO2S. The van der Waals surface area contributed by atoms with Crippen LogP contribution in [-0.2, 0) is 9.31 Å². The molecule has 2 nitrogen and oxygen atoms in total. The average molecular weight is 369 g/mol. The van der Waals surface area contributed by atoms with Crippen molar-refractivity contribution in [3.8, 4) is 0 Å². The van der Waals surface area contributed by atoms with Gasteiger partial charge in [0.2, 0.25) is 0 Å². The van der Waals surface area contributed by atoms with Gasteiger partial charge in [0.1, 0.15) is 0 Å². The summed E-state index contributed by atoms with van der Waals surface area (Å²) in [6.45, 7) is 7.39. The summed E-state index contributed by atoms with van der Waals surface area (Å²) >= 11 is 1.02. The molecule has 130 valence electrons.